The third-order valence-electron chi connectivity index (χ3n) is 4.42. The van der Waals surface area contributed by atoms with Crippen molar-refractivity contribution in [3.05, 3.63) is 34.6 Å². The lowest BCUT2D eigenvalue weighted by molar-refractivity contribution is 0.181. The number of halogens is 2. The zero-order valence-corrected chi connectivity index (χ0v) is 13.8. The highest BCUT2D eigenvalue weighted by molar-refractivity contribution is 6.30. The van der Waals surface area contributed by atoms with Crippen LogP contribution in [0, 0.1) is 5.82 Å². The third kappa shape index (κ3) is 4.16. The molecule has 0 aromatic heterocycles. The van der Waals surface area contributed by atoms with Crippen LogP contribution in [0.15, 0.2) is 18.2 Å². The molecule has 2 unspecified atom stereocenters. The van der Waals surface area contributed by atoms with Crippen LogP contribution in [0.5, 0.6) is 0 Å². The molecule has 1 aliphatic heterocycles. The number of benzene rings is 1. The van der Waals surface area contributed by atoms with E-state index in [1.807, 2.05) is 19.2 Å². The van der Waals surface area contributed by atoms with E-state index in [0.717, 1.165) is 19.6 Å². The molecule has 1 saturated heterocycles. The number of nitrogens with one attached hydrogen (secondary N) is 1. The molecule has 1 heterocycles. The van der Waals surface area contributed by atoms with Gasteiger partial charge in [0, 0.05) is 18.6 Å². The molecular weight excluding hydrogens is 289 g/mol. The molecule has 1 N–H and O–H groups in total. The summed E-state index contributed by atoms with van der Waals surface area (Å²) in [6, 6.07) is 5.80. The second-order valence-electron chi connectivity index (χ2n) is 5.98. The monoisotopic (exact) mass is 313 g/mol. The van der Waals surface area contributed by atoms with Gasteiger partial charge in [0.15, 0.2) is 0 Å². The molecule has 118 valence electrons. The van der Waals surface area contributed by atoms with E-state index >= 15 is 0 Å². The van der Waals surface area contributed by atoms with E-state index in [0.29, 0.717) is 18.0 Å². The minimum Gasteiger partial charge on any atom is -0.315 e. The molecule has 21 heavy (non-hydrogen) atoms. The molecule has 5 heteroatoms. The fourth-order valence-electron chi connectivity index (χ4n) is 3.11. The summed E-state index contributed by atoms with van der Waals surface area (Å²) < 4.78 is 14.1. The number of rotatable bonds is 4. The quantitative estimate of drug-likeness (QED) is 0.920. The Hall–Kier alpha value is -0.680. The highest BCUT2D eigenvalue weighted by atomic mass is 35.5. The molecule has 2 atom stereocenters. The van der Waals surface area contributed by atoms with Gasteiger partial charge >= 0.3 is 0 Å². The number of nitrogens with zero attached hydrogens (tertiary/aromatic N) is 2. The van der Waals surface area contributed by atoms with Crippen molar-refractivity contribution in [3.8, 4) is 0 Å². The summed E-state index contributed by atoms with van der Waals surface area (Å²) in [5, 5.41) is 3.57. The Bertz CT molecular complexity index is 469. The maximum Gasteiger partial charge on any atom is 0.145 e. The molecule has 1 fully saturated rings. The molecule has 0 spiro atoms. The molecule has 0 amide bonds. The lowest BCUT2D eigenvalue weighted by Gasteiger charge is -2.34. The van der Waals surface area contributed by atoms with E-state index < -0.39 is 0 Å². The zero-order chi connectivity index (χ0) is 15.4. The van der Waals surface area contributed by atoms with Crippen LogP contribution in [-0.2, 0) is 6.42 Å². The van der Waals surface area contributed by atoms with Crippen molar-refractivity contribution in [3.63, 3.8) is 0 Å². The van der Waals surface area contributed by atoms with Crippen LogP contribution >= 0.6 is 11.6 Å². The topological polar surface area (TPSA) is 18.5 Å². The van der Waals surface area contributed by atoms with Gasteiger partial charge in [-0.25, -0.2) is 4.39 Å². The highest BCUT2D eigenvalue weighted by Crippen LogP contribution is 2.21. The van der Waals surface area contributed by atoms with Gasteiger partial charge in [-0.2, -0.15) is 0 Å². The predicted octanol–water partition coefficient (Wildman–Crippen LogP) is 2.25. The van der Waals surface area contributed by atoms with E-state index in [9.17, 15) is 4.39 Å². The molecule has 3 nitrogen and oxygen atoms in total. The lowest BCUT2D eigenvalue weighted by Crippen LogP contribution is -2.52. The molecule has 0 aliphatic carbocycles. The molecule has 2 rings (SSSR count). The molecule has 1 aromatic carbocycles. The van der Waals surface area contributed by atoms with Gasteiger partial charge < -0.3 is 15.1 Å². The summed E-state index contributed by atoms with van der Waals surface area (Å²) in [6.07, 6.45) is 1.82. The smallest absolute Gasteiger partial charge is 0.145 e. The van der Waals surface area contributed by atoms with E-state index in [4.69, 9.17) is 11.6 Å². The Kier molecular flexibility index (Phi) is 5.99. The van der Waals surface area contributed by atoms with Crippen LogP contribution in [0.1, 0.15) is 12.0 Å². The van der Waals surface area contributed by atoms with E-state index in [2.05, 4.69) is 29.2 Å². The Labute approximate surface area is 132 Å². The minimum absolute atomic E-state index is 0.198. The van der Waals surface area contributed by atoms with E-state index in [-0.39, 0.29) is 16.9 Å². The van der Waals surface area contributed by atoms with Crippen LogP contribution in [-0.4, -0.2) is 62.7 Å². The fraction of sp³-hybridized carbons (Fsp3) is 0.625. The van der Waals surface area contributed by atoms with Gasteiger partial charge in [0.25, 0.3) is 0 Å². The van der Waals surface area contributed by atoms with Crippen LogP contribution < -0.4 is 5.32 Å². The third-order valence-corrected chi connectivity index (χ3v) is 4.71. The first-order valence-electron chi connectivity index (χ1n) is 7.52. The summed E-state index contributed by atoms with van der Waals surface area (Å²) in [4.78, 5) is 4.74. The van der Waals surface area contributed by atoms with Crippen LogP contribution in [0.2, 0.25) is 5.02 Å². The Balaban J connectivity index is 2.16. The molecule has 0 radical (unpaired) electrons. The normalized spacial score (nSPS) is 23.0. The van der Waals surface area contributed by atoms with Crippen LogP contribution in [0.25, 0.3) is 0 Å². The van der Waals surface area contributed by atoms with Gasteiger partial charge in [-0.05, 0) is 58.7 Å². The molecular formula is C16H25ClFN3. The first kappa shape index (κ1) is 16.7. The van der Waals surface area contributed by atoms with Crippen molar-refractivity contribution in [1.29, 1.82) is 0 Å². The Morgan fingerprint density at radius 1 is 1.38 bits per heavy atom. The lowest BCUT2D eigenvalue weighted by atomic mass is 9.98. The summed E-state index contributed by atoms with van der Waals surface area (Å²) >= 11 is 5.89. The van der Waals surface area contributed by atoms with E-state index in [1.165, 1.54) is 6.42 Å². The maximum atomic E-state index is 14.1. The Morgan fingerprint density at radius 3 is 2.86 bits per heavy atom. The molecule has 0 saturated carbocycles. The van der Waals surface area contributed by atoms with Gasteiger partial charge in [-0.15, -0.1) is 0 Å². The standard InChI is InChI=1S/C16H25ClFN3/c1-19-14(10-12-6-4-7-13(17)16(12)18)15-11-20(2)8-5-9-21(15)3/h4,6-7,14-15,19H,5,8-11H2,1-3H3. The van der Waals surface area contributed by atoms with Gasteiger partial charge in [0.1, 0.15) is 5.82 Å². The van der Waals surface area contributed by atoms with Crippen LogP contribution in [0.4, 0.5) is 4.39 Å². The van der Waals surface area contributed by atoms with Gasteiger partial charge in [0.2, 0.25) is 0 Å². The summed E-state index contributed by atoms with van der Waals surface area (Å²) in [5.41, 5.74) is 0.683. The van der Waals surface area contributed by atoms with Crippen molar-refractivity contribution in [2.75, 3.05) is 40.8 Å². The largest absolute Gasteiger partial charge is 0.315 e. The average molecular weight is 314 g/mol. The van der Waals surface area contributed by atoms with Crippen molar-refractivity contribution < 1.29 is 4.39 Å². The molecule has 1 aromatic rings. The fourth-order valence-corrected chi connectivity index (χ4v) is 3.31. The van der Waals surface area contributed by atoms with Crippen molar-refractivity contribution in [2.45, 2.75) is 24.9 Å². The second-order valence-corrected chi connectivity index (χ2v) is 6.38. The minimum atomic E-state index is -0.288. The summed E-state index contributed by atoms with van der Waals surface area (Å²) in [6.45, 7) is 3.18. The van der Waals surface area contributed by atoms with Crippen molar-refractivity contribution >= 4 is 11.6 Å². The van der Waals surface area contributed by atoms with Gasteiger partial charge in [-0.3, -0.25) is 0 Å². The average Bonchev–Trinajstić information content (AvgIpc) is 2.62. The molecule has 0 bridgehead atoms. The first-order chi connectivity index (χ1) is 10.0. The number of hydrogen-bond acceptors (Lipinski definition) is 3. The number of hydrogen-bond donors (Lipinski definition) is 1. The summed E-state index contributed by atoms with van der Waals surface area (Å²) in [5.74, 6) is -0.288. The SMILES string of the molecule is CNC(Cc1cccc(Cl)c1F)C1CN(C)CCCN1C. The summed E-state index contributed by atoms with van der Waals surface area (Å²) in [7, 11) is 6.26. The molecule has 1 aliphatic rings. The van der Waals surface area contributed by atoms with Crippen molar-refractivity contribution in [2.24, 2.45) is 0 Å². The van der Waals surface area contributed by atoms with Gasteiger partial charge in [-0.1, -0.05) is 23.7 Å². The zero-order valence-electron chi connectivity index (χ0n) is 13.1. The Morgan fingerprint density at radius 2 is 2.14 bits per heavy atom. The first-order valence-corrected chi connectivity index (χ1v) is 7.89. The van der Waals surface area contributed by atoms with Crippen molar-refractivity contribution in [1.82, 2.24) is 15.1 Å². The van der Waals surface area contributed by atoms with Crippen LogP contribution in [0.3, 0.4) is 0 Å². The van der Waals surface area contributed by atoms with E-state index in [1.54, 1.807) is 6.07 Å². The second kappa shape index (κ2) is 7.54. The number of likely N-dealkylation sites (N-methyl/N-ethyl adjacent to an activating group) is 3. The maximum absolute atomic E-state index is 14.1. The van der Waals surface area contributed by atoms with Gasteiger partial charge in [0.05, 0.1) is 5.02 Å². The highest BCUT2D eigenvalue weighted by Gasteiger charge is 2.28. The predicted molar refractivity (Wildman–Crippen MR) is 86.5 cm³/mol.